The van der Waals surface area contributed by atoms with Crippen LogP contribution in [0.5, 0.6) is 11.5 Å². The Labute approximate surface area is 176 Å². The van der Waals surface area contributed by atoms with E-state index in [1.807, 2.05) is 18.2 Å². The van der Waals surface area contributed by atoms with E-state index in [2.05, 4.69) is 0 Å². The Bertz CT molecular complexity index is 933. The summed E-state index contributed by atoms with van der Waals surface area (Å²) in [6, 6.07) is 10.9. The molecule has 160 valence electrons. The maximum absolute atomic E-state index is 13.8. The van der Waals surface area contributed by atoms with Crippen LogP contribution in [0.25, 0.3) is 0 Å². The lowest BCUT2D eigenvalue weighted by molar-refractivity contribution is -0.115. The van der Waals surface area contributed by atoms with Crippen molar-refractivity contribution in [2.45, 2.75) is 43.7 Å². The van der Waals surface area contributed by atoms with Gasteiger partial charge in [0.25, 0.3) is 5.91 Å². The number of aliphatic hydroxyl groups is 1. The fraction of sp³-hybridized carbons (Fsp3) is 0.458. The van der Waals surface area contributed by atoms with E-state index in [-0.39, 0.29) is 17.9 Å². The Morgan fingerprint density at radius 3 is 2.70 bits per heavy atom. The zero-order chi connectivity index (χ0) is 21.3. The average Bonchev–Trinajstić information content (AvgIpc) is 2.77. The molecule has 4 rings (SSSR count). The number of hydrogen-bond donors (Lipinski definition) is 1. The van der Waals surface area contributed by atoms with Gasteiger partial charge in [0, 0.05) is 23.6 Å². The van der Waals surface area contributed by atoms with E-state index < -0.39 is 11.4 Å². The van der Waals surface area contributed by atoms with Gasteiger partial charge in [-0.15, -0.1) is 0 Å². The standard InChI is InChI=1S/C24H28FNO4/c1-29-18-9-10-21(30-2)19(15-18)22-20-8-3-4-11-24(20,28)12-13-26(22)23(27)16-6-5-7-17(25)14-16/h5-7,9-10,14-15,20,22,28H,3-4,8,11-13H2,1-2H3/t20-,22-,24+/m1/s1. The van der Waals surface area contributed by atoms with Crippen molar-refractivity contribution in [2.24, 2.45) is 5.92 Å². The molecular weight excluding hydrogens is 385 g/mol. The second-order valence-electron chi connectivity index (χ2n) is 8.27. The van der Waals surface area contributed by atoms with Gasteiger partial charge in [-0.25, -0.2) is 4.39 Å². The van der Waals surface area contributed by atoms with Gasteiger partial charge in [0.15, 0.2) is 0 Å². The summed E-state index contributed by atoms with van der Waals surface area (Å²) in [4.78, 5) is 15.2. The number of hydrogen-bond acceptors (Lipinski definition) is 4. The largest absolute Gasteiger partial charge is 0.497 e. The number of nitrogens with zero attached hydrogens (tertiary/aromatic N) is 1. The van der Waals surface area contributed by atoms with Crippen LogP contribution in [0.1, 0.15) is 54.1 Å². The quantitative estimate of drug-likeness (QED) is 0.810. The number of piperidine rings is 1. The predicted octanol–water partition coefficient (Wildman–Crippen LogP) is 4.35. The number of rotatable bonds is 4. The lowest BCUT2D eigenvalue weighted by atomic mass is 9.66. The molecule has 1 heterocycles. The minimum absolute atomic E-state index is 0.126. The molecule has 1 aliphatic heterocycles. The lowest BCUT2D eigenvalue weighted by Gasteiger charge is -2.52. The van der Waals surface area contributed by atoms with E-state index in [9.17, 15) is 14.3 Å². The van der Waals surface area contributed by atoms with Gasteiger partial charge in [0.1, 0.15) is 17.3 Å². The summed E-state index contributed by atoms with van der Waals surface area (Å²) in [6.45, 7) is 0.396. The van der Waals surface area contributed by atoms with Crippen LogP contribution in [0.4, 0.5) is 4.39 Å². The number of amides is 1. The van der Waals surface area contributed by atoms with Crippen molar-refractivity contribution < 1.29 is 23.8 Å². The van der Waals surface area contributed by atoms with E-state index >= 15 is 0 Å². The molecule has 0 aromatic heterocycles. The van der Waals surface area contributed by atoms with Crippen molar-refractivity contribution >= 4 is 5.91 Å². The number of fused-ring (bicyclic) bond motifs is 1. The molecule has 0 radical (unpaired) electrons. The molecule has 0 bridgehead atoms. The molecular formula is C24H28FNO4. The Hall–Kier alpha value is -2.60. The number of carbonyl (C=O) groups is 1. The Morgan fingerprint density at radius 1 is 1.13 bits per heavy atom. The molecule has 2 aromatic rings. The molecule has 1 amide bonds. The maximum atomic E-state index is 13.8. The molecule has 0 unspecified atom stereocenters. The fourth-order valence-corrected chi connectivity index (χ4v) is 5.15. The SMILES string of the molecule is COc1ccc(OC)c([C@@H]2[C@H]3CCCC[C@]3(O)CCN2C(=O)c2cccc(F)c2)c1. The highest BCUT2D eigenvalue weighted by Gasteiger charge is 2.51. The second-order valence-corrected chi connectivity index (χ2v) is 8.27. The van der Waals surface area contributed by atoms with Crippen molar-refractivity contribution in [3.8, 4) is 11.5 Å². The minimum atomic E-state index is -0.824. The van der Waals surface area contributed by atoms with Crippen LogP contribution in [0.3, 0.4) is 0 Å². The topological polar surface area (TPSA) is 59.0 Å². The van der Waals surface area contributed by atoms with E-state index in [1.54, 1.807) is 31.3 Å². The molecule has 1 N–H and O–H groups in total. The molecule has 6 heteroatoms. The summed E-state index contributed by atoms with van der Waals surface area (Å²) >= 11 is 0. The lowest BCUT2D eigenvalue weighted by Crippen LogP contribution is -2.56. The van der Waals surface area contributed by atoms with Crippen molar-refractivity contribution in [3.05, 3.63) is 59.4 Å². The van der Waals surface area contributed by atoms with Crippen LogP contribution >= 0.6 is 0 Å². The first kappa shape index (κ1) is 20.7. The number of likely N-dealkylation sites (tertiary alicyclic amines) is 1. The zero-order valence-electron chi connectivity index (χ0n) is 17.4. The molecule has 30 heavy (non-hydrogen) atoms. The zero-order valence-corrected chi connectivity index (χ0v) is 17.4. The highest BCUT2D eigenvalue weighted by atomic mass is 19.1. The van der Waals surface area contributed by atoms with Gasteiger partial charge >= 0.3 is 0 Å². The van der Waals surface area contributed by atoms with E-state index in [4.69, 9.17) is 9.47 Å². The van der Waals surface area contributed by atoms with Gasteiger partial charge in [0.05, 0.1) is 25.9 Å². The van der Waals surface area contributed by atoms with Crippen LogP contribution in [0.15, 0.2) is 42.5 Å². The van der Waals surface area contributed by atoms with Crippen LogP contribution in [-0.2, 0) is 0 Å². The third kappa shape index (κ3) is 3.65. The van der Waals surface area contributed by atoms with Gasteiger partial charge in [-0.05, 0) is 55.7 Å². The molecule has 2 aliphatic rings. The molecule has 0 spiro atoms. The summed E-state index contributed by atoms with van der Waals surface area (Å²) in [5.74, 6) is 0.500. The Morgan fingerprint density at radius 2 is 1.97 bits per heavy atom. The number of carbonyl (C=O) groups excluding carboxylic acids is 1. The molecule has 2 fully saturated rings. The Balaban J connectivity index is 1.82. The van der Waals surface area contributed by atoms with Gasteiger partial charge in [-0.3, -0.25) is 4.79 Å². The number of benzene rings is 2. The predicted molar refractivity (Wildman–Crippen MR) is 111 cm³/mol. The van der Waals surface area contributed by atoms with Crippen molar-refractivity contribution in [2.75, 3.05) is 20.8 Å². The normalized spacial score (nSPS) is 26.1. The van der Waals surface area contributed by atoms with Crippen LogP contribution in [0.2, 0.25) is 0 Å². The van der Waals surface area contributed by atoms with Crippen LogP contribution < -0.4 is 9.47 Å². The molecule has 5 nitrogen and oxygen atoms in total. The number of methoxy groups -OCH3 is 2. The molecule has 3 atom stereocenters. The summed E-state index contributed by atoms with van der Waals surface area (Å²) in [7, 11) is 3.19. The Kier molecular flexibility index (Phi) is 5.69. The van der Waals surface area contributed by atoms with Gasteiger partial charge < -0.3 is 19.5 Å². The summed E-state index contributed by atoms with van der Waals surface area (Å²) in [6.07, 6.45) is 4.03. The summed E-state index contributed by atoms with van der Waals surface area (Å²) < 4.78 is 24.9. The first-order chi connectivity index (χ1) is 14.5. The molecule has 1 saturated carbocycles. The minimum Gasteiger partial charge on any atom is -0.497 e. The second kappa shape index (κ2) is 8.26. The number of halogens is 1. The molecule has 1 saturated heterocycles. The van der Waals surface area contributed by atoms with Crippen molar-refractivity contribution in [1.82, 2.24) is 4.90 Å². The van der Waals surface area contributed by atoms with Gasteiger partial charge in [0.2, 0.25) is 0 Å². The van der Waals surface area contributed by atoms with Crippen LogP contribution in [-0.4, -0.2) is 42.3 Å². The van der Waals surface area contributed by atoms with Crippen molar-refractivity contribution in [3.63, 3.8) is 0 Å². The molecule has 1 aliphatic carbocycles. The summed E-state index contributed by atoms with van der Waals surface area (Å²) in [5.41, 5.74) is 0.296. The van der Waals surface area contributed by atoms with E-state index in [0.29, 0.717) is 30.0 Å². The maximum Gasteiger partial charge on any atom is 0.254 e. The van der Waals surface area contributed by atoms with E-state index in [0.717, 1.165) is 31.2 Å². The number of ether oxygens (including phenoxy) is 2. The molecule has 2 aromatic carbocycles. The average molecular weight is 413 g/mol. The third-order valence-electron chi connectivity index (χ3n) is 6.66. The highest BCUT2D eigenvalue weighted by molar-refractivity contribution is 5.94. The van der Waals surface area contributed by atoms with Crippen LogP contribution in [0, 0.1) is 11.7 Å². The van der Waals surface area contributed by atoms with Crippen molar-refractivity contribution in [1.29, 1.82) is 0 Å². The van der Waals surface area contributed by atoms with E-state index in [1.165, 1.54) is 12.1 Å². The monoisotopic (exact) mass is 413 g/mol. The highest BCUT2D eigenvalue weighted by Crippen LogP contribution is 2.51. The third-order valence-corrected chi connectivity index (χ3v) is 6.66. The van der Waals surface area contributed by atoms with Gasteiger partial charge in [-0.1, -0.05) is 18.9 Å². The first-order valence-corrected chi connectivity index (χ1v) is 10.5. The summed E-state index contributed by atoms with van der Waals surface area (Å²) in [5, 5.41) is 11.5. The first-order valence-electron chi connectivity index (χ1n) is 10.5. The smallest absolute Gasteiger partial charge is 0.254 e. The fourth-order valence-electron chi connectivity index (χ4n) is 5.15. The van der Waals surface area contributed by atoms with Gasteiger partial charge in [-0.2, -0.15) is 0 Å².